The summed E-state index contributed by atoms with van der Waals surface area (Å²) >= 11 is 3.29. The average Bonchev–Trinajstić information content (AvgIpc) is 2.49. The smallest absolute Gasteiger partial charge is 0.345 e. The minimum Gasteiger partial charge on any atom is -0.465 e. The van der Waals surface area contributed by atoms with Gasteiger partial charge < -0.3 is 14.9 Å². The van der Waals surface area contributed by atoms with Crippen molar-refractivity contribution in [1.82, 2.24) is 0 Å². The highest BCUT2D eigenvalue weighted by Gasteiger charge is 2.18. The Labute approximate surface area is 127 Å². The molecule has 0 fully saturated rings. The first-order valence-corrected chi connectivity index (χ1v) is 6.85. The number of rotatable bonds is 1. The summed E-state index contributed by atoms with van der Waals surface area (Å²) in [5.74, 6) is -0.497. The Morgan fingerprint density at radius 3 is 2.71 bits per heavy atom. The predicted octanol–water partition coefficient (Wildman–Crippen LogP) is 3.08. The second-order valence-electron chi connectivity index (χ2n) is 4.45. The van der Waals surface area contributed by atoms with Crippen molar-refractivity contribution in [3.05, 3.63) is 50.8 Å². The number of hydrogen-bond acceptors (Lipinski definition) is 5. The molecule has 2 aromatic carbocycles. The third-order valence-corrected chi connectivity index (χ3v) is 4.13. The third-order valence-electron chi connectivity index (χ3n) is 3.28. The first kappa shape index (κ1) is 13.6. The Morgan fingerprint density at radius 1 is 1.24 bits per heavy atom. The highest BCUT2D eigenvalue weighted by atomic mass is 79.9. The van der Waals surface area contributed by atoms with Crippen molar-refractivity contribution in [2.75, 3.05) is 12.8 Å². The van der Waals surface area contributed by atoms with E-state index in [1.165, 1.54) is 7.11 Å². The number of nitrogen functional groups attached to an aromatic ring is 1. The molecule has 0 aliphatic heterocycles. The van der Waals surface area contributed by atoms with Crippen molar-refractivity contribution < 1.29 is 13.9 Å². The van der Waals surface area contributed by atoms with Gasteiger partial charge in [-0.1, -0.05) is 12.1 Å². The van der Waals surface area contributed by atoms with Gasteiger partial charge in [0, 0.05) is 16.5 Å². The van der Waals surface area contributed by atoms with Crippen molar-refractivity contribution in [3.63, 3.8) is 0 Å². The van der Waals surface area contributed by atoms with Crippen LogP contribution in [-0.4, -0.2) is 13.1 Å². The molecule has 1 aromatic heterocycles. The summed E-state index contributed by atoms with van der Waals surface area (Å²) in [5.41, 5.74) is 6.37. The lowest BCUT2D eigenvalue weighted by atomic mass is 10.0. The number of ether oxygens (including phenoxy) is 1. The van der Waals surface area contributed by atoms with E-state index in [9.17, 15) is 9.59 Å². The standard InChI is InChI=1S/C15H10BrNO4/c1-20-14(18)8-3-2-4-10-11(8)7-5-6-9(17)13(16)12(7)15(19)21-10/h2-6H,17H2,1H3. The molecule has 106 valence electrons. The summed E-state index contributed by atoms with van der Waals surface area (Å²) in [4.78, 5) is 24.1. The highest BCUT2D eigenvalue weighted by Crippen LogP contribution is 2.33. The number of carbonyl (C=O) groups excluding carboxylic acids is 1. The number of nitrogens with two attached hydrogens (primary N) is 1. The lowest BCUT2D eigenvalue weighted by molar-refractivity contribution is 0.0603. The van der Waals surface area contributed by atoms with Gasteiger partial charge in [-0.3, -0.25) is 0 Å². The molecule has 1 heterocycles. The maximum absolute atomic E-state index is 12.1. The van der Waals surface area contributed by atoms with Crippen molar-refractivity contribution in [1.29, 1.82) is 0 Å². The van der Waals surface area contributed by atoms with Gasteiger partial charge in [-0.25, -0.2) is 9.59 Å². The molecule has 0 atom stereocenters. The molecule has 0 unspecified atom stereocenters. The minimum absolute atomic E-state index is 0.304. The molecule has 3 aromatic rings. The maximum Gasteiger partial charge on any atom is 0.345 e. The zero-order chi connectivity index (χ0) is 15.1. The predicted molar refractivity (Wildman–Crippen MR) is 83.4 cm³/mol. The molecule has 0 bridgehead atoms. The quantitative estimate of drug-likeness (QED) is 0.316. The topological polar surface area (TPSA) is 82.5 Å². The Kier molecular flexibility index (Phi) is 3.17. The van der Waals surface area contributed by atoms with E-state index < -0.39 is 11.6 Å². The number of hydrogen-bond donors (Lipinski definition) is 1. The zero-order valence-corrected chi connectivity index (χ0v) is 12.6. The van der Waals surface area contributed by atoms with Crippen molar-refractivity contribution in [2.24, 2.45) is 0 Å². The van der Waals surface area contributed by atoms with Gasteiger partial charge in [0.1, 0.15) is 5.58 Å². The summed E-state index contributed by atoms with van der Waals surface area (Å²) in [6.45, 7) is 0. The number of methoxy groups -OCH3 is 1. The van der Waals surface area contributed by atoms with Gasteiger partial charge in [0.05, 0.1) is 22.5 Å². The molecule has 0 aliphatic rings. The van der Waals surface area contributed by atoms with Crippen LogP contribution < -0.4 is 11.4 Å². The maximum atomic E-state index is 12.1. The largest absolute Gasteiger partial charge is 0.465 e. The van der Waals surface area contributed by atoms with E-state index in [1.807, 2.05) is 0 Å². The summed E-state index contributed by atoms with van der Waals surface area (Å²) in [6.07, 6.45) is 0. The lowest BCUT2D eigenvalue weighted by Gasteiger charge is -2.09. The molecule has 6 heteroatoms. The fraction of sp³-hybridized carbons (Fsp3) is 0.0667. The van der Waals surface area contributed by atoms with Crippen LogP contribution >= 0.6 is 15.9 Å². The summed E-state index contributed by atoms with van der Waals surface area (Å²) < 4.78 is 10.5. The van der Waals surface area contributed by atoms with Crippen LogP contribution in [0.15, 0.2) is 44.0 Å². The number of esters is 1. The number of fused-ring (bicyclic) bond motifs is 3. The van der Waals surface area contributed by atoms with Gasteiger partial charge in [-0.15, -0.1) is 0 Å². The van der Waals surface area contributed by atoms with Gasteiger partial charge in [-0.05, 0) is 34.1 Å². The average molecular weight is 348 g/mol. The number of carbonyl (C=O) groups is 1. The number of anilines is 1. The summed E-state index contributed by atoms with van der Waals surface area (Å²) in [7, 11) is 1.30. The SMILES string of the molecule is COC(=O)c1cccc2oc(=O)c3c(Br)c(N)ccc3c12. The van der Waals surface area contributed by atoms with Crippen LogP contribution in [-0.2, 0) is 4.74 Å². The Hall–Kier alpha value is -2.34. The Morgan fingerprint density at radius 2 is 2.00 bits per heavy atom. The van der Waals surface area contributed by atoms with Crippen molar-refractivity contribution >= 4 is 49.3 Å². The Bertz CT molecular complexity index is 946. The van der Waals surface area contributed by atoms with E-state index in [4.69, 9.17) is 14.9 Å². The van der Waals surface area contributed by atoms with E-state index in [0.717, 1.165) is 0 Å². The van der Waals surface area contributed by atoms with Crippen LogP contribution in [0.25, 0.3) is 21.7 Å². The summed E-state index contributed by atoms with van der Waals surface area (Å²) in [5, 5.41) is 1.42. The molecule has 0 amide bonds. The molecular formula is C15H10BrNO4. The summed E-state index contributed by atoms with van der Waals surface area (Å²) in [6, 6.07) is 8.25. The molecule has 2 N–H and O–H groups in total. The molecule has 0 saturated heterocycles. The van der Waals surface area contributed by atoms with Gasteiger partial charge in [0.2, 0.25) is 0 Å². The van der Waals surface area contributed by atoms with Gasteiger partial charge in [0.25, 0.3) is 0 Å². The fourth-order valence-corrected chi connectivity index (χ4v) is 2.83. The van der Waals surface area contributed by atoms with Crippen LogP contribution in [0.4, 0.5) is 5.69 Å². The van der Waals surface area contributed by atoms with E-state index in [-0.39, 0.29) is 0 Å². The van der Waals surface area contributed by atoms with Crippen LogP contribution in [0.2, 0.25) is 0 Å². The molecule has 5 nitrogen and oxygen atoms in total. The molecule has 0 spiro atoms. The molecular weight excluding hydrogens is 338 g/mol. The first-order valence-electron chi connectivity index (χ1n) is 6.06. The lowest BCUT2D eigenvalue weighted by Crippen LogP contribution is -2.06. The van der Waals surface area contributed by atoms with E-state index >= 15 is 0 Å². The van der Waals surface area contributed by atoms with Crippen LogP contribution in [0.1, 0.15) is 10.4 Å². The molecule has 21 heavy (non-hydrogen) atoms. The zero-order valence-electron chi connectivity index (χ0n) is 11.0. The van der Waals surface area contributed by atoms with E-state index in [2.05, 4.69) is 15.9 Å². The second-order valence-corrected chi connectivity index (χ2v) is 5.24. The van der Waals surface area contributed by atoms with Crippen molar-refractivity contribution in [2.45, 2.75) is 0 Å². The van der Waals surface area contributed by atoms with Crippen LogP contribution in [0.5, 0.6) is 0 Å². The van der Waals surface area contributed by atoms with Gasteiger partial charge >= 0.3 is 11.6 Å². The number of halogens is 1. The number of benzene rings is 2. The molecule has 0 radical (unpaired) electrons. The van der Waals surface area contributed by atoms with E-state index in [1.54, 1.807) is 30.3 Å². The first-order chi connectivity index (χ1) is 10.0. The van der Waals surface area contributed by atoms with Crippen molar-refractivity contribution in [3.8, 4) is 0 Å². The molecule has 0 aliphatic carbocycles. The molecule has 3 rings (SSSR count). The monoisotopic (exact) mass is 347 g/mol. The van der Waals surface area contributed by atoms with Gasteiger partial charge in [-0.2, -0.15) is 0 Å². The van der Waals surface area contributed by atoms with E-state index in [0.29, 0.717) is 37.5 Å². The van der Waals surface area contributed by atoms with Crippen LogP contribution in [0.3, 0.4) is 0 Å². The third kappa shape index (κ3) is 1.99. The minimum atomic E-state index is -0.515. The van der Waals surface area contributed by atoms with Gasteiger partial charge in [0.15, 0.2) is 0 Å². The fourth-order valence-electron chi connectivity index (χ4n) is 2.33. The Balaban J connectivity index is 2.61. The highest BCUT2D eigenvalue weighted by molar-refractivity contribution is 9.10. The van der Waals surface area contributed by atoms with Crippen LogP contribution in [0, 0.1) is 0 Å². The second kappa shape index (κ2) is 4.89. The normalized spacial score (nSPS) is 11.0. The molecule has 0 saturated carbocycles.